The van der Waals surface area contributed by atoms with Crippen molar-refractivity contribution in [3.8, 4) is 11.3 Å². The maximum Gasteiger partial charge on any atom is 0.417 e. The highest BCUT2D eigenvalue weighted by Crippen LogP contribution is 2.40. The van der Waals surface area contributed by atoms with Crippen LogP contribution in [0.15, 0.2) is 70.3 Å². The van der Waals surface area contributed by atoms with E-state index in [4.69, 9.17) is 4.42 Å². The average molecular weight is 525 g/mol. The van der Waals surface area contributed by atoms with Gasteiger partial charge in [0.15, 0.2) is 18.0 Å². The predicted molar refractivity (Wildman–Crippen MR) is 135 cm³/mol. The lowest BCUT2D eigenvalue weighted by Crippen LogP contribution is -2.51. The summed E-state index contributed by atoms with van der Waals surface area (Å²) >= 11 is 0. The van der Waals surface area contributed by atoms with Crippen LogP contribution >= 0.6 is 0 Å². The molecule has 196 valence electrons. The summed E-state index contributed by atoms with van der Waals surface area (Å²) < 4.78 is 45.4. The third-order valence-corrected chi connectivity index (χ3v) is 6.28. The van der Waals surface area contributed by atoms with E-state index in [2.05, 4.69) is 32.0 Å². The number of aromatic nitrogens is 3. The number of nitrogens with zero attached hydrogens (tertiary/aromatic N) is 6. The van der Waals surface area contributed by atoms with Crippen molar-refractivity contribution in [2.24, 2.45) is 4.99 Å². The number of carbonyl (C=O) groups excluding carboxylic acids is 1. The van der Waals surface area contributed by atoms with Crippen LogP contribution < -0.4 is 15.1 Å². The molecule has 2 bridgehead atoms. The molecular weight excluding hydrogens is 503 g/mol. The number of nitrogens with one attached hydrogen (secondary N) is 1. The maximum absolute atomic E-state index is 13.5. The Bertz CT molecular complexity index is 1440. The number of carbonyl (C=O) groups is 1. The Labute approximate surface area is 214 Å². The van der Waals surface area contributed by atoms with Crippen LogP contribution in [0.2, 0.25) is 0 Å². The first-order valence-corrected chi connectivity index (χ1v) is 11.5. The number of amides is 2. The van der Waals surface area contributed by atoms with E-state index in [-0.39, 0.29) is 29.4 Å². The van der Waals surface area contributed by atoms with Crippen molar-refractivity contribution in [1.29, 1.82) is 0 Å². The number of allylic oxidation sites excluding steroid dienone is 3. The van der Waals surface area contributed by atoms with Gasteiger partial charge in [-0.1, -0.05) is 0 Å². The van der Waals surface area contributed by atoms with E-state index >= 15 is 0 Å². The molecule has 38 heavy (non-hydrogen) atoms. The second kappa shape index (κ2) is 9.74. The van der Waals surface area contributed by atoms with Crippen molar-refractivity contribution < 1.29 is 27.5 Å². The topological polar surface area (TPSA) is 120 Å². The van der Waals surface area contributed by atoms with Gasteiger partial charge in [-0.05, 0) is 49.6 Å². The van der Waals surface area contributed by atoms with Crippen LogP contribution in [0.4, 0.5) is 35.3 Å². The average Bonchev–Trinajstić information content (AvgIpc) is 3.52. The molecule has 1 saturated heterocycles. The van der Waals surface area contributed by atoms with Gasteiger partial charge in [0.05, 0.1) is 35.3 Å². The summed E-state index contributed by atoms with van der Waals surface area (Å²) in [6, 6.07) is 5.33. The summed E-state index contributed by atoms with van der Waals surface area (Å²) in [6.07, 6.45) is 0.359. The van der Waals surface area contributed by atoms with E-state index in [1.807, 2.05) is 4.90 Å². The number of urea groups is 1. The molecule has 2 amide bonds. The van der Waals surface area contributed by atoms with Crippen LogP contribution in [0.5, 0.6) is 0 Å². The monoisotopic (exact) mass is 525 g/mol. The molecule has 0 aromatic carbocycles. The van der Waals surface area contributed by atoms with Gasteiger partial charge in [0, 0.05) is 31.0 Å². The number of hydrogen-bond donors (Lipinski definition) is 2. The molecule has 0 spiro atoms. The molecule has 2 aliphatic rings. The van der Waals surface area contributed by atoms with Crippen LogP contribution in [-0.4, -0.2) is 64.2 Å². The van der Waals surface area contributed by atoms with Gasteiger partial charge >= 0.3 is 12.2 Å². The van der Waals surface area contributed by atoms with Gasteiger partial charge in [0.25, 0.3) is 0 Å². The number of halogens is 3. The zero-order valence-electron chi connectivity index (χ0n) is 20.1. The maximum atomic E-state index is 13.5. The molecule has 3 aromatic heterocycles. The normalized spacial score (nSPS) is 19.4. The van der Waals surface area contributed by atoms with Crippen LogP contribution in [0.1, 0.15) is 12.6 Å². The van der Waals surface area contributed by atoms with Gasteiger partial charge in [-0.25, -0.2) is 19.7 Å². The molecular formula is C25H22F3N7O3. The largest absolute Gasteiger partial charge is 0.444 e. The molecule has 10 nitrogen and oxygen atoms in total. The van der Waals surface area contributed by atoms with E-state index in [9.17, 15) is 23.1 Å². The van der Waals surface area contributed by atoms with Crippen molar-refractivity contribution in [1.82, 2.24) is 15.0 Å². The third-order valence-electron chi connectivity index (χ3n) is 6.28. The molecule has 2 aliphatic heterocycles. The molecule has 1 fully saturated rings. The Morgan fingerprint density at radius 2 is 2.13 bits per heavy atom. The van der Waals surface area contributed by atoms with E-state index in [1.54, 1.807) is 24.3 Å². The lowest BCUT2D eigenvalue weighted by atomic mass is 10.1. The third kappa shape index (κ3) is 4.75. The number of aliphatic hydroxyl groups is 1. The predicted octanol–water partition coefficient (Wildman–Crippen LogP) is 4.28. The van der Waals surface area contributed by atoms with Crippen molar-refractivity contribution in [2.75, 3.05) is 28.2 Å². The minimum Gasteiger partial charge on any atom is -0.444 e. The number of aliphatic imine (C=N–C) groups is 1. The van der Waals surface area contributed by atoms with Gasteiger partial charge in [-0.3, -0.25) is 15.2 Å². The molecule has 0 radical (unpaired) electrons. The van der Waals surface area contributed by atoms with E-state index in [1.165, 1.54) is 30.6 Å². The summed E-state index contributed by atoms with van der Waals surface area (Å²) in [6.45, 7) is 5.23. The van der Waals surface area contributed by atoms with Gasteiger partial charge in [0.1, 0.15) is 5.82 Å². The molecule has 13 heteroatoms. The van der Waals surface area contributed by atoms with Gasteiger partial charge in [-0.2, -0.15) is 13.2 Å². The molecule has 5 heterocycles. The second-order valence-corrected chi connectivity index (χ2v) is 8.77. The highest BCUT2D eigenvalue weighted by Gasteiger charge is 2.45. The Morgan fingerprint density at radius 3 is 2.84 bits per heavy atom. The SMILES string of the molecule is C=N/C=C(\C=C(/C)c1ccc2c(n1)N(C(=O)Nc1cc(-c3cnco3)ccn1)[C@@H]1CN2C[C@H]1O)C(F)(F)F. The number of hydrogen-bond acceptors (Lipinski definition) is 8. The summed E-state index contributed by atoms with van der Waals surface area (Å²) in [7, 11) is 0. The zero-order valence-corrected chi connectivity index (χ0v) is 20.1. The summed E-state index contributed by atoms with van der Waals surface area (Å²) in [5.74, 6) is 0.927. The summed E-state index contributed by atoms with van der Waals surface area (Å²) in [4.78, 5) is 32.6. The fourth-order valence-corrected chi connectivity index (χ4v) is 4.49. The second-order valence-electron chi connectivity index (χ2n) is 8.77. The van der Waals surface area contributed by atoms with Crippen LogP contribution in [0.3, 0.4) is 0 Å². The van der Waals surface area contributed by atoms with Crippen molar-refractivity contribution in [2.45, 2.75) is 25.2 Å². The fraction of sp³-hybridized carbons (Fsp3) is 0.240. The van der Waals surface area contributed by atoms with Gasteiger partial charge in [0.2, 0.25) is 0 Å². The summed E-state index contributed by atoms with van der Waals surface area (Å²) in [5, 5.41) is 13.4. The van der Waals surface area contributed by atoms with E-state index in [0.717, 1.165) is 6.08 Å². The zero-order chi connectivity index (χ0) is 27.0. The number of rotatable bonds is 5. The first-order chi connectivity index (χ1) is 18.2. The molecule has 3 aromatic rings. The standard InChI is InChI=1S/C25H22F3N7O3/c1-14(7-16(9-29-2)25(26,27)28)17-3-4-18-23(32-17)35(19-11-34(18)12-20(19)36)24(37)33-22-8-15(5-6-31-22)21-10-30-13-38-21/h3-10,13,19-20,36H,2,11-12H2,1H3,(H,31,33,37)/b14-7+,16-9+/t19-,20-/m1/s1. The van der Waals surface area contributed by atoms with E-state index < -0.39 is 29.9 Å². The van der Waals surface area contributed by atoms with Crippen molar-refractivity contribution in [3.63, 3.8) is 0 Å². The lowest BCUT2D eigenvalue weighted by Gasteiger charge is -2.36. The van der Waals surface area contributed by atoms with Crippen LogP contribution in [0, 0.1) is 0 Å². The molecule has 0 aliphatic carbocycles. The fourth-order valence-electron chi connectivity index (χ4n) is 4.49. The smallest absolute Gasteiger partial charge is 0.417 e. The van der Waals surface area contributed by atoms with E-state index in [0.29, 0.717) is 29.8 Å². The number of anilines is 3. The number of oxazole rings is 1. The number of aliphatic hydroxyl groups excluding tert-OH is 1. The quantitative estimate of drug-likeness (QED) is 0.377. The van der Waals surface area contributed by atoms with Crippen LogP contribution in [0.25, 0.3) is 16.9 Å². The minimum atomic E-state index is -4.63. The number of fused-ring (bicyclic) bond motifs is 4. The van der Waals surface area contributed by atoms with Crippen molar-refractivity contribution >= 4 is 35.6 Å². The Morgan fingerprint density at radius 1 is 1.32 bits per heavy atom. The summed E-state index contributed by atoms with van der Waals surface area (Å²) in [5.41, 5.74) is 0.657. The number of alkyl halides is 3. The minimum absolute atomic E-state index is 0.204. The van der Waals surface area contributed by atoms with Crippen molar-refractivity contribution in [3.05, 3.63) is 66.6 Å². The lowest BCUT2D eigenvalue weighted by molar-refractivity contribution is -0.0883. The molecule has 2 N–H and O–H groups in total. The first kappa shape index (κ1) is 25.1. The van der Waals surface area contributed by atoms with Gasteiger partial charge in [-0.15, -0.1) is 0 Å². The highest BCUT2D eigenvalue weighted by atomic mass is 19.4. The number of pyridine rings is 2. The Kier molecular flexibility index (Phi) is 6.45. The molecule has 0 saturated carbocycles. The first-order valence-electron chi connectivity index (χ1n) is 11.5. The molecule has 2 atom stereocenters. The van der Waals surface area contributed by atoms with Crippen LogP contribution in [-0.2, 0) is 0 Å². The molecule has 5 rings (SSSR count). The Hall–Kier alpha value is -4.52. The highest BCUT2D eigenvalue weighted by molar-refractivity contribution is 6.04. The Balaban J connectivity index is 1.49. The molecule has 0 unspecified atom stereocenters. The van der Waals surface area contributed by atoms with Gasteiger partial charge < -0.3 is 14.4 Å².